The van der Waals surface area contributed by atoms with Crippen molar-refractivity contribution in [1.29, 1.82) is 0 Å². The topological polar surface area (TPSA) is 43.8 Å². The van der Waals surface area contributed by atoms with Crippen LogP contribution in [0.4, 0.5) is 5.69 Å². The van der Waals surface area contributed by atoms with Crippen LogP contribution in [0.1, 0.15) is 32.6 Å². The predicted molar refractivity (Wildman–Crippen MR) is 93.7 cm³/mol. The summed E-state index contributed by atoms with van der Waals surface area (Å²) in [5.41, 5.74) is 9.99. The van der Waals surface area contributed by atoms with Crippen LogP contribution < -0.4 is 5.73 Å². The van der Waals surface area contributed by atoms with Crippen molar-refractivity contribution in [2.24, 2.45) is 0 Å². The van der Waals surface area contributed by atoms with Crippen LogP contribution in [0.2, 0.25) is 0 Å². The Hall–Kier alpha value is -2.29. The highest BCUT2D eigenvalue weighted by molar-refractivity contribution is 5.80. The summed E-state index contributed by atoms with van der Waals surface area (Å²) in [5, 5.41) is 0. The molecule has 1 heterocycles. The highest BCUT2D eigenvalue weighted by Crippen LogP contribution is 2.26. The normalized spacial score (nSPS) is 11.1. The summed E-state index contributed by atoms with van der Waals surface area (Å²) in [5.74, 6) is 1.04. The van der Waals surface area contributed by atoms with Crippen molar-refractivity contribution in [3.8, 4) is 11.4 Å². The lowest BCUT2D eigenvalue weighted by Crippen LogP contribution is -2.01. The number of nitrogens with zero attached hydrogens (tertiary/aromatic N) is 2. The van der Waals surface area contributed by atoms with Crippen LogP contribution in [0.3, 0.4) is 0 Å². The van der Waals surface area contributed by atoms with Gasteiger partial charge in [-0.2, -0.15) is 0 Å². The Labute approximate surface area is 131 Å². The van der Waals surface area contributed by atoms with Gasteiger partial charge in [-0.05, 0) is 42.8 Å². The number of imidazole rings is 1. The maximum absolute atomic E-state index is 5.80. The molecule has 0 aliphatic carbocycles. The number of rotatable bonds is 6. The second-order valence-electron chi connectivity index (χ2n) is 5.76. The van der Waals surface area contributed by atoms with Crippen LogP contribution >= 0.6 is 0 Å². The number of anilines is 1. The molecular formula is C19H23N3. The second-order valence-corrected chi connectivity index (χ2v) is 5.76. The first-order valence-electron chi connectivity index (χ1n) is 8.11. The minimum atomic E-state index is 0.786. The first kappa shape index (κ1) is 14.6. The van der Waals surface area contributed by atoms with Crippen LogP contribution in [0, 0.1) is 0 Å². The molecule has 0 unspecified atom stereocenters. The van der Waals surface area contributed by atoms with Gasteiger partial charge in [0.05, 0.1) is 11.0 Å². The predicted octanol–water partition coefficient (Wildman–Crippen LogP) is 4.87. The molecular weight excluding hydrogens is 270 g/mol. The van der Waals surface area contributed by atoms with E-state index in [4.69, 9.17) is 10.7 Å². The number of benzene rings is 2. The van der Waals surface area contributed by atoms with Crippen molar-refractivity contribution in [1.82, 2.24) is 9.55 Å². The molecule has 2 aromatic carbocycles. The molecule has 0 saturated carbocycles. The average Bonchev–Trinajstić information content (AvgIpc) is 2.91. The van der Waals surface area contributed by atoms with Gasteiger partial charge >= 0.3 is 0 Å². The van der Waals surface area contributed by atoms with E-state index in [9.17, 15) is 0 Å². The number of fused-ring (bicyclic) bond motifs is 1. The molecule has 3 aromatic rings. The third kappa shape index (κ3) is 2.98. The molecule has 0 radical (unpaired) electrons. The van der Waals surface area contributed by atoms with E-state index in [0.29, 0.717) is 0 Å². The largest absolute Gasteiger partial charge is 0.399 e. The van der Waals surface area contributed by atoms with E-state index in [1.807, 2.05) is 18.2 Å². The van der Waals surface area contributed by atoms with Gasteiger partial charge in [-0.15, -0.1) is 0 Å². The zero-order chi connectivity index (χ0) is 15.4. The zero-order valence-electron chi connectivity index (χ0n) is 13.1. The van der Waals surface area contributed by atoms with Gasteiger partial charge in [-0.1, -0.05) is 38.3 Å². The molecule has 0 bridgehead atoms. The first-order valence-corrected chi connectivity index (χ1v) is 8.11. The van der Waals surface area contributed by atoms with Crippen molar-refractivity contribution < 1.29 is 0 Å². The van der Waals surface area contributed by atoms with Gasteiger partial charge in [0.2, 0.25) is 0 Å². The lowest BCUT2D eigenvalue weighted by molar-refractivity contribution is 0.594. The van der Waals surface area contributed by atoms with E-state index < -0.39 is 0 Å². The van der Waals surface area contributed by atoms with Crippen molar-refractivity contribution in [3.05, 3.63) is 48.5 Å². The van der Waals surface area contributed by atoms with Gasteiger partial charge in [0.1, 0.15) is 5.82 Å². The molecule has 0 amide bonds. The van der Waals surface area contributed by atoms with E-state index in [1.54, 1.807) is 0 Å². The first-order chi connectivity index (χ1) is 10.8. The molecule has 0 atom stereocenters. The van der Waals surface area contributed by atoms with Crippen LogP contribution in [-0.2, 0) is 6.54 Å². The van der Waals surface area contributed by atoms with E-state index >= 15 is 0 Å². The average molecular weight is 293 g/mol. The Morgan fingerprint density at radius 3 is 2.50 bits per heavy atom. The van der Waals surface area contributed by atoms with Crippen molar-refractivity contribution in [2.45, 2.75) is 39.2 Å². The summed E-state index contributed by atoms with van der Waals surface area (Å²) >= 11 is 0. The Balaban J connectivity index is 1.98. The van der Waals surface area contributed by atoms with Gasteiger partial charge in [-0.3, -0.25) is 0 Å². The summed E-state index contributed by atoms with van der Waals surface area (Å²) < 4.78 is 2.34. The number of nitrogens with two attached hydrogens (primary N) is 1. The molecule has 0 aliphatic rings. The maximum Gasteiger partial charge on any atom is 0.141 e. The number of para-hydroxylation sites is 2. The molecule has 114 valence electrons. The number of unbranched alkanes of at least 4 members (excludes halogenated alkanes) is 3. The van der Waals surface area contributed by atoms with Gasteiger partial charge in [0, 0.05) is 17.8 Å². The smallest absolute Gasteiger partial charge is 0.141 e. The quantitative estimate of drug-likeness (QED) is 0.520. The second kappa shape index (κ2) is 6.65. The Morgan fingerprint density at radius 2 is 1.73 bits per heavy atom. The fourth-order valence-electron chi connectivity index (χ4n) is 2.85. The third-order valence-corrected chi connectivity index (χ3v) is 4.06. The monoisotopic (exact) mass is 293 g/mol. The molecule has 22 heavy (non-hydrogen) atoms. The summed E-state index contributed by atoms with van der Waals surface area (Å²) in [6.07, 6.45) is 5.01. The molecule has 3 heteroatoms. The van der Waals surface area contributed by atoms with Gasteiger partial charge in [0.15, 0.2) is 0 Å². The Bertz CT molecular complexity index is 741. The third-order valence-electron chi connectivity index (χ3n) is 4.06. The van der Waals surface area contributed by atoms with Crippen molar-refractivity contribution >= 4 is 16.7 Å². The number of aromatic nitrogens is 2. The Morgan fingerprint density at radius 1 is 0.955 bits per heavy atom. The van der Waals surface area contributed by atoms with Gasteiger partial charge in [0.25, 0.3) is 0 Å². The number of hydrogen-bond donors (Lipinski definition) is 1. The summed E-state index contributed by atoms with van der Waals surface area (Å²) in [6.45, 7) is 3.26. The molecule has 0 saturated heterocycles. The molecule has 3 nitrogen and oxygen atoms in total. The lowest BCUT2D eigenvalue weighted by Gasteiger charge is -2.09. The highest BCUT2D eigenvalue weighted by atomic mass is 15.1. The molecule has 0 spiro atoms. The number of hydrogen-bond acceptors (Lipinski definition) is 2. The fourth-order valence-corrected chi connectivity index (χ4v) is 2.85. The van der Waals surface area contributed by atoms with Crippen LogP contribution in [0.25, 0.3) is 22.4 Å². The molecule has 0 fully saturated rings. The fraction of sp³-hybridized carbons (Fsp3) is 0.316. The standard InChI is InChI=1S/C19H23N3/c1-2-3-4-7-14-22-18-9-6-5-8-17(18)21-19(22)15-10-12-16(20)13-11-15/h5-6,8-13H,2-4,7,14,20H2,1H3. The minimum Gasteiger partial charge on any atom is -0.399 e. The van der Waals surface area contributed by atoms with Crippen LogP contribution in [0.5, 0.6) is 0 Å². The van der Waals surface area contributed by atoms with Gasteiger partial charge < -0.3 is 10.3 Å². The van der Waals surface area contributed by atoms with Crippen LogP contribution in [0.15, 0.2) is 48.5 Å². The summed E-state index contributed by atoms with van der Waals surface area (Å²) in [6, 6.07) is 16.4. The van der Waals surface area contributed by atoms with E-state index in [1.165, 1.54) is 31.2 Å². The SMILES string of the molecule is CCCCCCn1c(-c2ccc(N)cc2)nc2ccccc21. The van der Waals surface area contributed by atoms with E-state index in [-0.39, 0.29) is 0 Å². The zero-order valence-corrected chi connectivity index (χ0v) is 13.1. The van der Waals surface area contributed by atoms with Crippen molar-refractivity contribution in [3.63, 3.8) is 0 Å². The molecule has 1 aromatic heterocycles. The molecule has 2 N–H and O–H groups in total. The minimum absolute atomic E-state index is 0.786. The van der Waals surface area contributed by atoms with Gasteiger partial charge in [-0.25, -0.2) is 4.98 Å². The maximum atomic E-state index is 5.80. The Kier molecular flexibility index (Phi) is 4.42. The highest BCUT2D eigenvalue weighted by Gasteiger charge is 2.11. The van der Waals surface area contributed by atoms with E-state index in [0.717, 1.165) is 29.1 Å². The molecule has 0 aliphatic heterocycles. The van der Waals surface area contributed by atoms with Crippen molar-refractivity contribution in [2.75, 3.05) is 5.73 Å². The number of aryl methyl sites for hydroxylation is 1. The summed E-state index contributed by atoms with van der Waals surface area (Å²) in [4.78, 5) is 4.83. The van der Waals surface area contributed by atoms with E-state index in [2.05, 4.69) is 41.8 Å². The van der Waals surface area contributed by atoms with Crippen LogP contribution in [-0.4, -0.2) is 9.55 Å². The molecule has 3 rings (SSSR count). The number of nitrogen functional groups attached to an aromatic ring is 1. The summed E-state index contributed by atoms with van der Waals surface area (Å²) in [7, 11) is 0. The lowest BCUT2D eigenvalue weighted by atomic mass is 10.2.